The standard InChI is InChI=1S/C29H32N2O5S/c1-4-19-31(37(34,35)26-17-15-22(2)16-18-26)27(20-24-11-7-5-8-12-24)28(32)30-23(3)29(33)36-21-25-13-9-6-10-14-25/h4-18,23,27H,1,19-21H2,2-3H3,(H,30,32)/t23-,27-/m0/s1. The van der Waals surface area contributed by atoms with Crippen LogP contribution in [0.2, 0.25) is 0 Å². The average molecular weight is 521 g/mol. The van der Waals surface area contributed by atoms with Crippen LogP contribution in [0, 0.1) is 6.92 Å². The Balaban J connectivity index is 1.85. The van der Waals surface area contributed by atoms with Crippen molar-refractivity contribution >= 4 is 21.9 Å². The van der Waals surface area contributed by atoms with Crippen LogP contribution in [0.5, 0.6) is 0 Å². The molecule has 1 amide bonds. The molecule has 0 aromatic heterocycles. The van der Waals surface area contributed by atoms with Gasteiger partial charge in [0.15, 0.2) is 0 Å². The molecule has 3 aromatic rings. The van der Waals surface area contributed by atoms with Gasteiger partial charge in [-0.05, 0) is 43.5 Å². The average Bonchev–Trinajstić information content (AvgIpc) is 2.90. The quantitative estimate of drug-likeness (QED) is 0.288. The van der Waals surface area contributed by atoms with E-state index in [4.69, 9.17) is 4.74 Å². The molecule has 37 heavy (non-hydrogen) atoms. The Hall–Kier alpha value is -3.75. The smallest absolute Gasteiger partial charge is 0.328 e. The number of esters is 1. The molecular formula is C29H32N2O5S. The Labute approximate surface area is 218 Å². The maximum Gasteiger partial charge on any atom is 0.328 e. The van der Waals surface area contributed by atoms with Crippen molar-refractivity contribution in [1.82, 2.24) is 9.62 Å². The van der Waals surface area contributed by atoms with Crippen LogP contribution in [0.1, 0.15) is 23.6 Å². The van der Waals surface area contributed by atoms with Crippen LogP contribution >= 0.6 is 0 Å². The van der Waals surface area contributed by atoms with Crippen LogP contribution < -0.4 is 5.32 Å². The van der Waals surface area contributed by atoms with Crippen molar-refractivity contribution in [1.29, 1.82) is 0 Å². The van der Waals surface area contributed by atoms with Crippen molar-refractivity contribution in [3.05, 3.63) is 114 Å². The fourth-order valence-corrected chi connectivity index (χ4v) is 5.31. The molecular weight excluding hydrogens is 488 g/mol. The molecule has 0 heterocycles. The Kier molecular flexibility index (Phi) is 9.77. The third kappa shape index (κ3) is 7.62. The van der Waals surface area contributed by atoms with Crippen molar-refractivity contribution in [2.24, 2.45) is 0 Å². The Morgan fingerprint density at radius 3 is 2.08 bits per heavy atom. The van der Waals surface area contributed by atoms with Crippen molar-refractivity contribution in [2.75, 3.05) is 6.54 Å². The predicted octanol–water partition coefficient (Wildman–Crippen LogP) is 4.03. The van der Waals surface area contributed by atoms with E-state index in [9.17, 15) is 18.0 Å². The van der Waals surface area contributed by atoms with Gasteiger partial charge >= 0.3 is 5.97 Å². The minimum atomic E-state index is -4.06. The van der Waals surface area contributed by atoms with E-state index in [0.717, 1.165) is 21.0 Å². The Morgan fingerprint density at radius 1 is 0.946 bits per heavy atom. The SMILES string of the molecule is C=CCN([C@@H](Cc1ccccc1)C(=O)N[C@@H](C)C(=O)OCc1ccccc1)S(=O)(=O)c1ccc(C)cc1. The van der Waals surface area contributed by atoms with Crippen LogP contribution in [0.15, 0.2) is 102 Å². The van der Waals surface area contributed by atoms with E-state index in [-0.39, 0.29) is 24.5 Å². The first-order chi connectivity index (χ1) is 17.7. The van der Waals surface area contributed by atoms with E-state index >= 15 is 0 Å². The molecule has 194 valence electrons. The van der Waals surface area contributed by atoms with Crippen molar-refractivity contribution in [3.63, 3.8) is 0 Å². The third-order valence-electron chi connectivity index (χ3n) is 5.80. The zero-order chi connectivity index (χ0) is 26.8. The van der Waals surface area contributed by atoms with E-state index in [0.29, 0.717) is 0 Å². The van der Waals surface area contributed by atoms with Crippen LogP contribution in [0.25, 0.3) is 0 Å². The molecule has 0 aliphatic carbocycles. The summed E-state index contributed by atoms with van der Waals surface area (Å²) in [6.45, 7) is 7.05. The summed E-state index contributed by atoms with van der Waals surface area (Å²) in [6.07, 6.45) is 1.55. The molecule has 7 nitrogen and oxygen atoms in total. The van der Waals surface area contributed by atoms with Gasteiger partial charge in [-0.2, -0.15) is 4.31 Å². The number of aryl methyl sites for hydroxylation is 1. The van der Waals surface area contributed by atoms with Gasteiger partial charge in [-0.25, -0.2) is 13.2 Å². The molecule has 0 fully saturated rings. The monoisotopic (exact) mass is 520 g/mol. The minimum Gasteiger partial charge on any atom is -0.459 e. The van der Waals surface area contributed by atoms with Gasteiger partial charge in [0.1, 0.15) is 18.7 Å². The lowest BCUT2D eigenvalue weighted by molar-refractivity contribution is -0.149. The Bertz CT molecular complexity index is 1290. The highest BCUT2D eigenvalue weighted by Crippen LogP contribution is 2.22. The molecule has 0 unspecified atom stereocenters. The molecule has 0 saturated heterocycles. The number of nitrogens with one attached hydrogen (secondary N) is 1. The maximum absolute atomic E-state index is 13.7. The number of hydrogen-bond acceptors (Lipinski definition) is 5. The number of amides is 1. The second-order valence-corrected chi connectivity index (χ2v) is 10.6. The van der Waals surface area contributed by atoms with Gasteiger partial charge in [-0.15, -0.1) is 6.58 Å². The molecule has 0 spiro atoms. The summed E-state index contributed by atoms with van der Waals surface area (Å²) < 4.78 is 33.8. The maximum atomic E-state index is 13.7. The molecule has 8 heteroatoms. The fourth-order valence-electron chi connectivity index (χ4n) is 3.75. The van der Waals surface area contributed by atoms with E-state index in [1.165, 1.54) is 25.1 Å². The molecule has 0 aliphatic heterocycles. The number of sulfonamides is 1. The van der Waals surface area contributed by atoms with Gasteiger partial charge in [0.2, 0.25) is 15.9 Å². The van der Waals surface area contributed by atoms with Crippen molar-refractivity contribution in [3.8, 4) is 0 Å². The number of benzene rings is 3. The van der Waals surface area contributed by atoms with E-state index in [1.54, 1.807) is 12.1 Å². The molecule has 0 radical (unpaired) electrons. The molecule has 3 rings (SSSR count). The van der Waals surface area contributed by atoms with Crippen LogP contribution in [0.3, 0.4) is 0 Å². The highest BCUT2D eigenvalue weighted by Gasteiger charge is 2.36. The summed E-state index contributed by atoms with van der Waals surface area (Å²) in [6, 6.07) is 22.6. The normalized spacial score (nSPS) is 12.9. The number of carbonyl (C=O) groups is 2. The summed E-state index contributed by atoms with van der Waals surface area (Å²) >= 11 is 0. The molecule has 3 aromatic carbocycles. The van der Waals surface area contributed by atoms with Gasteiger partial charge in [0.25, 0.3) is 0 Å². The van der Waals surface area contributed by atoms with E-state index in [1.807, 2.05) is 67.6 Å². The number of hydrogen-bond donors (Lipinski definition) is 1. The molecule has 0 saturated carbocycles. The first-order valence-corrected chi connectivity index (χ1v) is 13.4. The summed E-state index contributed by atoms with van der Waals surface area (Å²) in [5.74, 6) is -1.22. The topological polar surface area (TPSA) is 92.8 Å². The summed E-state index contributed by atoms with van der Waals surface area (Å²) in [7, 11) is -4.06. The number of rotatable bonds is 12. The van der Waals surface area contributed by atoms with Crippen molar-refractivity contribution < 1.29 is 22.7 Å². The van der Waals surface area contributed by atoms with Gasteiger partial charge < -0.3 is 10.1 Å². The molecule has 0 bridgehead atoms. The minimum absolute atomic E-state index is 0.0672. The van der Waals surface area contributed by atoms with Gasteiger partial charge in [0.05, 0.1) is 4.90 Å². The highest BCUT2D eigenvalue weighted by atomic mass is 32.2. The lowest BCUT2D eigenvalue weighted by Crippen LogP contribution is -2.53. The lowest BCUT2D eigenvalue weighted by atomic mass is 10.0. The van der Waals surface area contributed by atoms with E-state index < -0.39 is 34.0 Å². The van der Waals surface area contributed by atoms with Gasteiger partial charge in [0, 0.05) is 6.54 Å². The summed E-state index contributed by atoms with van der Waals surface area (Å²) in [4.78, 5) is 26.2. The van der Waals surface area contributed by atoms with Crippen LogP contribution in [-0.2, 0) is 37.4 Å². The Morgan fingerprint density at radius 2 is 1.51 bits per heavy atom. The van der Waals surface area contributed by atoms with Crippen LogP contribution in [-0.4, -0.2) is 43.2 Å². The lowest BCUT2D eigenvalue weighted by Gasteiger charge is -2.30. The number of ether oxygens (including phenoxy) is 1. The number of nitrogens with zero attached hydrogens (tertiary/aromatic N) is 1. The second-order valence-electron chi connectivity index (χ2n) is 8.71. The largest absolute Gasteiger partial charge is 0.459 e. The first kappa shape index (κ1) is 27.8. The van der Waals surface area contributed by atoms with Crippen molar-refractivity contribution in [2.45, 2.75) is 43.9 Å². The zero-order valence-corrected chi connectivity index (χ0v) is 21.9. The number of carbonyl (C=O) groups excluding carboxylic acids is 2. The molecule has 2 atom stereocenters. The second kappa shape index (κ2) is 13.0. The zero-order valence-electron chi connectivity index (χ0n) is 21.0. The predicted molar refractivity (Wildman–Crippen MR) is 143 cm³/mol. The first-order valence-electron chi connectivity index (χ1n) is 12.0. The van der Waals surface area contributed by atoms with Gasteiger partial charge in [-0.3, -0.25) is 4.79 Å². The summed E-state index contributed by atoms with van der Waals surface area (Å²) in [5.41, 5.74) is 2.50. The third-order valence-corrected chi connectivity index (χ3v) is 7.68. The van der Waals surface area contributed by atoms with Gasteiger partial charge in [-0.1, -0.05) is 84.4 Å². The van der Waals surface area contributed by atoms with E-state index in [2.05, 4.69) is 11.9 Å². The highest BCUT2D eigenvalue weighted by molar-refractivity contribution is 7.89. The fraction of sp³-hybridized carbons (Fsp3) is 0.241. The molecule has 0 aliphatic rings. The summed E-state index contributed by atoms with van der Waals surface area (Å²) in [5, 5.41) is 2.65. The van der Waals surface area contributed by atoms with Crippen LogP contribution in [0.4, 0.5) is 0 Å². The molecule has 1 N–H and O–H groups in total.